The van der Waals surface area contributed by atoms with E-state index in [1.54, 1.807) is 17.0 Å². The molecule has 7 heteroatoms. The fourth-order valence-electron chi connectivity index (χ4n) is 5.13. The van der Waals surface area contributed by atoms with Crippen molar-refractivity contribution in [1.82, 2.24) is 9.80 Å². The van der Waals surface area contributed by atoms with Crippen molar-refractivity contribution in [3.05, 3.63) is 58.1 Å². The molecule has 2 amide bonds. The third kappa shape index (κ3) is 4.90. The highest BCUT2D eigenvalue weighted by atomic mass is 16.5. The van der Waals surface area contributed by atoms with Gasteiger partial charge in [-0.15, -0.1) is 0 Å². The van der Waals surface area contributed by atoms with Crippen molar-refractivity contribution in [2.24, 2.45) is 4.99 Å². The summed E-state index contributed by atoms with van der Waals surface area (Å²) in [5.41, 5.74) is 5.05. The van der Waals surface area contributed by atoms with E-state index in [9.17, 15) is 14.7 Å². The first-order chi connectivity index (χ1) is 17.0. The van der Waals surface area contributed by atoms with Gasteiger partial charge in [-0.25, -0.2) is 0 Å². The molecule has 2 aromatic rings. The van der Waals surface area contributed by atoms with E-state index < -0.39 is 0 Å². The Kier molecular flexibility index (Phi) is 6.75. The van der Waals surface area contributed by atoms with Crippen molar-refractivity contribution >= 4 is 17.5 Å². The largest absolute Gasteiger partial charge is 0.507 e. The number of amides is 2. The molecule has 7 nitrogen and oxygen atoms in total. The molecule has 5 rings (SSSR count). The molecule has 0 aliphatic carbocycles. The molecule has 0 saturated carbocycles. The molecule has 1 saturated heterocycles. The van der Waals surface area contributed by atoms with Gasteiger partial charge in [0, 0.05) is 31.6 Å². The number of rotatable bonds is 8. The van der Waals surface area contributed by atoms with Gasteiger partial charge in [-0.2, -0.15) is 0 Å². The Hall–Kier alpha value is -3.35. The number of hydrogen-bond donors (Lipinski definition) is 1. The second-order valence-corrected chi connectivity index (χ2v) is 9.71. The summed E-state index contributed by atoms with van der Waals surface area (Å²) in [5.74, 6) is 0.774. The maximum atomic E-state index is 13.4. The van der Waals surface area contributed by atoms with Crippen LogP contribution in [0, 0.1) is 0 Å². The van der Waals surface area contributed by atoms with Gasteiger partial charge in [0.2, 0.25) is 5.91 Å². The van der Waals surface area contributed by atoms with Crippen LogP contribution in [0.15, 0.2) is 35.3 Å². The quantitative estimate of drug-likeness (QED) is 0.573. The lowest BCUT2D eigenvalue weighted by Crippen LogP contribution is -2.39. The number of fused-ring (bicyclic) bond motifs is 2. The molecule has 3 heterocycles. The molecule has 0 atom stereocenters. The third-order valence-electron chi connectivity index (χ3n) is 7.17. The predicted octanol–water partition coefficient (Wildman–Crippen LogP) is 4.43. The van der Waals surface area contributed by atoms with Crippen LogP contribution in [0.1, 0.15) is 78.1 Å². The molecule has 184 valence electrons. The SMILES string of the molecule is CCCCCOc1ccc2c(c1)CN(C(=O)c1cc3c(cc1O)CN=C3CN1CCCCC1=O)C2. The van der Waals surface area contributed by atoms with Crippen LogP contribution < -0.4 is 4.74 Å². The number of ether oxygens (including phenoxy) is 1. The van der Waals surface area contributed by atoms with Crippen LogP contribution in [-0.2, 0) is 24.4 Å². The van der Waals surface area contributed by atoms with E-state index in [0.29, 0.717) is 39.2 Å². The van der Waals surface area contributed by atoms with Gasteiger partial charge in [-0.1, -0.05) is 25.8 Å². The topological polar surface area (TPSA) is 82.4 Å². The number of aromatic hydroxyl groups is 1. The molecule has 0 aromatic heterocycles. The summed E-state index contributed by atoms with van der Waals surface area (Å²) in [5, 5.41) is 10.7. The highest BCUT2D eigenvalue weighted by Gasteiger charge is 2.30. The Morgan fingerprint density at radius 2 is 1.94 bits per heavy atom. The van der Waals surface area contributed by atoms with Crippen LogP contribution in [0.25, 0.3) is 0 Å². The molecule has 3 aliphatic heterocycles. The van der Waals surface area contributed by atoms with E-state index in [1.165, 1.54) is 0 Å². The lowest BCUT2D eigenvalue weighted by Gasteiger charge is -2.27. The van der Waals surface area contributed by atoms with E-state index in [4.69, 9.17) is 4.74 Å². The normalized spacial score (nSPS) is 16.8. The van der Waals surface area contributed by atoms with Gasteiger partial charge in [-0.3, -0.25) is 14.6 Å². The molecule has 35 heavy (non-hydrogen) atoms. The zero-order chi connectivity index (χ0) is 24.4. The number of likely N-dealkylation sites (tertiary alicyclic amines) is 1. The maximum Gasteiger partial charge on any atom is 0.258 e. The van der Waals surface area contributed by atoms with E-state index in [-0.39, 0.29) is 23.1 Å². The lowest BCUT2D eigenvalue weighted by atomic mass is 9.99. The van der Waals surface area contributed by atoms with Crippen LogP contribution in [0.2, 0.25) is 0 Å². The number of hydrogen-bond acceptors (Lipinski definition) is 5. The Balaban J connectivity index is 1.29. The van der Waals surface area contributed by atoms with Crippen molar-refractivity contribution in [2.75, 3.05) is 19.7 Å². The Bertz CT molecular complexity index is 1170. The number of phenolic OH excluding ortho intramolecular Hbond substituents is 1. The van der Waals surface area contributed by atoms with Gasteiger partial charge >= 0.3 is 0 Å². The Morgan fingerprint density at radius 3 is 2.77 bits per heavy atom. The summed E-state index contributed by atoms with van der Waals surface area (Å²) in [6.45, 7) is 5.52. The fraction of sp³-hybridized carbons (Fsp3) is 0.464. The molecular weight excluding hydrogens is 442 g/mol. The maximum absolute atomic E-state index is 13.4. The molecule has 1 N–H and O–H groups in total. The zero-order valence-corrected chi connectivity index (χ0v) is 20.4. The average molecular weight is 476 g/mol. The summed E-state index contributed by atoms with van der Waals surface area (Å²) in [6.07, 6.45) is 5.87. The van der Waals surface area contributed by atoms with Gasteiger partial charge < -0.3 is 19.6 Å². The van der Waals surface area contributed by atoms with Crippen molar-refractivity contribution in [3.8, 4) is 11.5 Å². The zero-order valence-electron chi connectivity index (χ0n) is 20.4. The van der Waals surface area contributed by atoms with Crippen molar-refractivity contribution < 1.29 is 19.4 Å². The molecule has 0 bridgehead atoms. The van der Waals surface area contributed by atoms with E-state index in [1.807, 2.05) is 23.1 Å². The van der Waals surface area contributed by atoms with Gasteiger partial charge in [0.15, 0.2) is 0 Å². The number of unbranched alkanes of at least 4 members (excludes halogenated alkanes) is 2. The molecule has 0 radical (unpaired) electrons. The first-order valence-electron chi connectivity index (χ1n) is 12.7. The van der Waals surface area contributed by atoms with Crippen molar-refractivity contribution in [1.29, 1.82) is 0 Å². The van der Waals surface area contributed by atoms with Gasteiger partial charge in [0.05, 0.1) is 31.0 Å². The van der Waals surface area contributed by atoms with Crippen molar-refractivity contribution in [2.45, 2.75) is 65.1 Å². The Labute approximate surface area is 206 Å². The Morgan fingerprint density at radius 1 is 1.09 bits per heavy atom. The van der Waals surface area contributed by atoms with E-state index in [0.717, 1.165) is 72.4 Å². The molecule has 3 aliphatic rings. The second-order valence-electron chi connectivity index (χ2n) is 9.71. The number of phenols is 1. The van der Waals surface area contributed by atoms with Gasteiger partial charge in [0.1, 0.15) is 11.5 Å². The molecule has 0 spiro atoms. The predicted molar refractivity (Wildman–Crippen MR) is 134 cm³/mol. The lowest BCUT2D eigenvalue weighted by molar-refractivity contribution is -0.132. The standard InChI is InChI=1S/C28H33N3O4/c1-2-3-6-11-35-22-9-8-19-16-31(17-21(19)12-22)28(34)24-14-23-20(13-26(24)32)15-29-25(23)18-30-10-5-4-7-27(30)33/h8-9,12-14,32H,2-7,10-11,15-18H2,1H3. The van der Waals surface area contributed by atoms with Crippen LogP contribution in [-0.4, -0.2) is 52.1 Å². The minimum Gasteiger partial charge on any atom is -0.507 e. The number of aliphatic imine (C=N–C) groups is 1. The molecular formula is C28H33N3O4. The number of benzene rings is 2. The summed E-state index contributed by atoms with van der Waals surface area (Å²) in [6, 6.07) is 9.44. The highest BCUT2D eigenvalue weighted by Crippen LogP contribution is 2.33. The first kappa shape index (κ1) is 23.4. The minimum atomic E-state index is -0.202. The van der Waals surface area contributed by atoms with Gasteiger partial charge in [-0.05, 0) is 60.2 Å². The number of carbonyl (C=O) groups is 2. The van der Waals surface area contributed by atoms with Crippen LogP contribution >= 0.6 is 0 Å². The summed E-state index contributed by atoms with van der Waals surface area (Å²) < 4.78 is 5.88. The summed E-state index contributed by atoms with van der Waals surface area (Å²) in [7, 11) is 0. The minimum absolute atomic E-state index is 0.0184. The van der Waals surface area contributed by atoms with Crippen LogP contribution in [0.4, 0.5) is 0 Å². The fourth-order valence-corrected chi connectivity index (χ4v) is 5.13. The number of carbonyl (C=O) groups excluding carboxylic acids is 2. The third-order valence-corrected chi connectivity index (χ3v) is 7.17. The molecule has 0 unspecified atom stereocenters. The summed E-state index contributed by atoms with van der Waals surface area (Å²) >= 11 is 0. The smallest absolute Gasteiger partial charge is 0.258 e. The van der Waals surface area contributed by atoms with Crippen LogP contribution in [0.3, 0.4) is 0 Å². The molecule has 2 aromatic carbocycles. The number of nitrogens with zero attached hydrogens (tertiary/aromatic N) is 3. The van der Waals surface area contributed by atoms with E-state index >= 15 is 0 Å². The highest BCUT2D eigenvalue weighted by molar-refractivity contribution is 6.09. The van der Waals surface area contributed by atoms with E-state index in [2.05, 4.69) is 11.9 Å². The van der Waals surface area contributed by atoms with Gasteiger partial charge in [0.25, 0.3) is 5.91 Å². The van der Waals surface area contributed by atoms with Crippen LogP contribution in [0.5, 0.6) is 11.5 Å². The average Bonchev–Trinajstić information content (AvgIpc) is 3.46. The summed E-state index contributed by atoms with van der Waals surface area (Å²) in [4.78, 5) is 34.0. The first-order valence-corrected chi connectivity index (χ1v) is 12.7. The number of piperidine rings is 1. The van der Waals surface area contributed by atoms with Crippen molar-refractivity contribution in [3.63, 3.8) is 0 Å². The molecule has 1 fully saturated rings. The monoisotopic (exact) mass is 475 g/mol. The second kappa shape index (κ2) is 10.1.